The van der Waals surface area contributed by atoms with E-state index >= 15 is 0 Å². The van der Waals surface area contributed by atoms with Crippen molar-refractivity contribution in [2.24, 2.45) is 0 Å². The van der Waals surface area contributed by atoms with Gasteiger partial charge in [0.15, 0.2) is 11.6 Å². The summed E-state index contributed by atoms with van der Waals surface area (Å²) >= 11 is 4.74. The van der Waals surface area contributed by atoms with Crippen molar-refractivity contribution in [1.29, 1.82) is 0 Å². The molecule has 2 N–H and O–H groups in total. The lowest BCUT2D eigenvalue weighted by Gasteiger charge is -2.01. The van der Waals surface area contributed by atoms with E-state index in [9.17, 15) is 13.6 Å². The molecule has 2 aromatic rings. The lowest BCUT2D eigenvalue weighted by molar-refractivity contribution is 0.503. The van der Waals surface area contributed by atoms with Crippen molar-refractivity contribution in [2.45, 2.75) is 0 Å². The summed E-state index contributed by atoms with van der Waals surface area (Å²) in [5.74, 6) is -2.14. The van der Waals surface area contributed by atoms with E-state index in [1.807, 2.05) is 0 Å². The van der Waals surface area contributed by atoms with Crippen LogP contribution < -0.4 is 5.69 Å². The van der Waals surface area contributed by atoms with Crippen LogP contribution in [0.5, 0.6) is 0 Å². The van der Waals surface area contributed by atoms with E-state index in [4.69, 9.17) is 12.2 Å². The second-order valence-electron chi connectivity index (χ2n) is 2.77. The monoisotopic (exact) mass is 229 g/mol. The summed E-state index contributed by atoms with van der Waals surface area (Å²) in [5.41, 5.74) is -0.869. The molecule has 0 bridgehead atoms. The molecule has 0 aliphatic rings. The molecule has 1 heterocycles. The predicted octanol–water partition coefficient (Wildman–Crippen LogP) is 1.50. The van der Waals surface area contributed by atoms with Gasteiger partial charge in [-0.25, -0.2) is 23.2 Å². The molecular formula is C8H5F2N3OS. The number of aromatic amines is 2. The Labute approximate surface area is 87.2 Å². The largest absolute Gasteiger partial charge is 0.347 e. The topological polar surface area (TPSA) is 53.6 Å². The average molecular weight is 229 g/mol. The molecule has 0 saturated heterocycles. The summed E-state index contributed by atoms with van der Waals surface area (Å²) < 4.78 is 27.0. The highest BCUT2D eigenvalue weighted by atomic mass is 32.1. The number of halogens is 2. The van der Waals surface area contributed by atoms with Crippen LogP contribution in [0.15, 0.2) is 23.0 Å². The Kier molecular flexibility index (Phi) is 2.24. The molecular weight excluding hydrogens is 224 g/mol. The fraction of sp³-hybridized carbons (Fsp3) is 0. The number of aromatic nitrogens is 3. The van der Waals surface area contributed by atoms with E-state index in [0.717, 1.165) is 10.6 Å². The third kappa shape index (κ3) is 1.50. The van der Waals surface area contributed by atoms with Gasteiger partial charge in [0.25, 0.3) is 0 Å². The predicted molar refractivity (Wildman–Crippen MR) is 51.5 cm³/mol. The van der Waals surface area contributed by atoms with Gasteiger partial charge in [0, 0.05) is 0 Å². The summed E-state index contributed by atoms with van der Waals surface area (Å²) in [6.45, 7) is 0. The van der Waals surface area contributed by atoms with Crippen LogP contribution in [0.3, 0.4) is 0 Å². The van der Waals surface area contributed by atoms with Crippen LogP contribution in [0.1, 0.15) is 0 Å². The zero-order valence-electron chi connectivity index (χ0n) is 7.25. The van der Waals surface area contributed by atoms with Crippen molar-refractivity contribution in [3.8, 4) is 5.69 Å². The molecule has 0 amide bonds. The summed E-state index contributed by atoms with van der Waals surface area (Å²) in [5, 5.41) is 4.50. The van der Waals surface area contributed by atoms with E-state index < -0.39 is 17.3 Å². The summed E-state index contributed by atoms with van der Waals surface area (Å²) in [6.07, 6.45) is 0. The Bertz CT molecular complexity index is 585. The third-order valence-electron chi connectivity index (χ3n) is 1.85. The average Bonchev–Trinajstić information content (AvgIpc) is 2.52. The quantitative estimate of drug-likeness (QED) is 0.728. The Morgan fingerprint density at radius 3 is 2.60 bits per heavy atom. The van der Waals surface area contributed by atoms with E-state index in [1.165, 1.54) is 12.1 Å². The first-order valence-electron chi connectivity index (χ1n) is 3.95. The molecule has 0 unspecified atom stereocenters. The van der Waals surface area contributed by atoms with E-state index in [-0.39, 0.29) is 10.5 Å². The standard InChI is InChI=1S/C8H5F2N3OS/c9-4-2-1-3-5(6(4)10)13-7(14)11-12-8(13)15/h1-3H,(H,11,14)(H,12,15). The van der Waals surface area contributed by atoms with Crippen molar-refractivity contribution >= 4 is 12.2 Å². The summed E-state index contributed by atoms with van der Waals surface area (Å²) in [4.78, 5) is 11.2. The van der Waals surface area contributed by atoms with E-state index in [1.54, 1.807) is 0 Å². The van der Waals surface area contributed by atoms with Gasteiger partial charge in [-0.15, -0.1) is 0 Å². The van der Waals surface area contributed by atoms with Gasteiger partial charge >= 0.3 is 5.69 Å². The minimum absolute atomic E-state index is 0.0236. The molecule has 15 heavy (non-hydrogen) atoms. The van der Waals surface area contributed by atoms with Crippen molar-refractivity contribution in [1.82, 2.24) is 14.8 Å². The van der Waals surface area contributed by atoms with Crippen LogP contribution in [-0.4, -0.2) is 14.8 Å². The van der Waals surface area contributed by atoms with Crippen molar-refractivity contribution in [3.63, 3.8) is 0 Å². The third-order valence-corrected chi connectivity index (χ3v) is 2.14. The first kappa shape index (κ1) is 9.78. The van der Waals surface area contributed by atoms with Gasteiger partial charge in [0.2, 0.25) is 4.77 Å². The molecule has 1 aromatic heterocycles. The summed E-state index contributed by atoms with van der Waals surface area (Å²) in [7, 11) is 0. The van der Waals surface area contributed by atoms with Crippen LogP contribution >= 0.6 is 12.2 Å². The second kappa shape index (κ2) is 3.43. The molecule has 78 valence electrons. The lowest BCUT2D eigenvalue weighted by atomic mass is 10.3. The van der Waals surface area contributed by atoms with Gasteiger partial charge in [-0.3, -0.25) is 5.10 Å². The molecule has 0 radical (unpaired) electrons. The van der Waals surface area contributed by atoms with Gasteiger partial charge in [-0.05, 0) is 24.4 Å². The number of H-pyrrole nitrogens is 2. The fourth-order valence-electron chi connectivity index (χ4n) is 1.19. The summed E-state index contributed by atoms with van der Waals surface area (Å²) in [6, 6.07) is 3.52. The molecule has 7 heteroatoms. The number of hydrogen-bond donors (Lipinski definition) is 2. The van der Waals surface area contributed by atoms with Crippen molar-refractivity contribution in [2.75, 3.05) is 0 Å². The van der Waals surface area contributed by atoms with E-state index in [2.05, 4.69) is 10.2 Å². The number of nitrogens with one attached hydrogen (secondary N) is 2. The highest BCUT2D eigenvalue weighted by Crippen LogP contribution is 2.14. The normalized spacial score (nSPS) is 10.5. The highest BCUT2D eigenvalue weighted by Gasteiger charge is 2.12. The van der Waals surface area contributed by atoms with Gasteiger partial charge in [0.1, 0.15) is 0 Å². The Morgan fingerprint density at radius 2 is 2.00 bits per heavy atom. The number of hydrogen-bond acceptors (Lipinski definition) is 2. The maximum absolute atomic E-state index is 13.3. The molecule has 2 rings (SSSR count). The van der Waals surface area contributed by atoms with Gasteiger partial charge < -0.3 is 0 Å². The van der Waals surface area contributed by atoms with Gasteiger partial charge in [0.05, 0.1) is 5.69 Å². The number of rotatable bonds is 1. The first-order valence-corrected chi connectivity index (χ1v) is 4.36. The van der Waals surface area contributed by atoms with Crippen LogP contribution in [0.2, 0.25) is 0 Å². The van der Waals surface area contributed by atoms with Crippen LogP contribution in [0.4, 0.5) is 8.78 Å². The fourth-order valence-corrected chi connectivity index (χ4v) is 1.43. The molecule has 0 saturated carbocycles. The first-order chi connectivity index (χ1) is 7.11. The zero-order valence-corrected chi connectivity index (χ0v) is 8.07. The Balaban J connectivity index is 2.81. The molecule has 0 aliphatic carbocycles. The Hall–Kier alpha value is -1.76. The molecule has 1 aromatic carbocycles. The number of nitrogens with zero attached hydrogens (tertiary/aromatic N) is 1. The molecule has 0 spiro atoms. The van der Waals surface area contributed by atoms with Gasteiger partial charge in [-0.1, -0.05) is 6.07 Å². The Morgan fingerprint density at radius 1 is 1.27 bits per heavy atom. The number of benzene rings is 1. The van der Waals surface area contributed by atoms with Crippen LogP contribution in [0, 0.1) is 16.4 Å². The SMILES string of the molecule is O=c1[nH][nH]c(=S)n1-c1cccc(F)c1F. The lowest BCUT2D eigenvalue weighted by Crippen LogP contribution is -2.16. The maximum Gasteiger partial charge on any atom is 0.347 e. The van der Waals surface area contributed by atoms with Crippen LogP contribution in [-0.2, 0) is 0 Å². The maximum atomic E-state index is 13.3. The second-order valence-corrected chi connectivity index (χ2v) is 3.16. The molecule has 0 aliphatic heterocycles. The van der Waals surface area contributed by atoms with Gasteiger partial charge in [-0.2, -0.15) is 0 Å². The molecule has 4 nitrogen and oxygen atoms in total. The van der Waals surface area contributed by atoms with Crippen molar-refractivity contribution in [3.05, 3.63) is 45.1 Å². The smallest absolute Gasteiger partial charge is 0.272 e. The van der Waals surface area contributed by atoms with E-state index in [0.29, 0.717) is 0 Å². The minimum atomic E-state index is -1.11. The zero-order chi connectivity index (χ0) is 11.0. The molecule has 0 atom stereocenters. The van der Waals surface area contributed by atoms with Crippen molar-refractivity contribution < 1.29 is 8.78 Å². The molecule has 0 fully saturated rings. The highest BCUT2D eigenvalue weighted by molar-refractivity contribution is 7.71. The minimum Gasteiger partial charge on any atom is -0.272 e. The van der Waals surface area contributed by atoms with Crippen LogP contribution in [0.25, 0.3) is 5.69 Å².